The van der Waals surface area contributed by atoms with E-state index in [2.05, 4.69) is 45.0 Å². The highest BCUT2D eigenvalue weighted by Gasteiger charge is 2.75. The summed E-state index contributed by atoms with van der Waals surface area (Å²) in [6.07, 6.45) is 10.0. The van der Waals surface area contributed by atoms with Gasteiger partial charge in [0, 0.05) is 16.7 Å². The quantitative estimate of drug-likeness (QED) is 0.419. The molecule has 9 atom stereocenters. The summed E-state index contributed by atoms with van der Waals surface area (Å²) in [5.41, 5.74) is 0.589. The third kappa shape index (κ3) is 4.24. The minimum Gasteiger partial charge on any atom is -0.393 e. The van der Waals surface area contributed by atoms with E-state index in [-0.39, 0.29) is 47.1 Å². The van der Waals surface area contributed by atoms with E-state index in [1.807, 2.05) is 12.1 Å². The molecule has 3 saturated carbocycles. The number of ether oxygens (including phenoxy) is 2. The van der Waals surface area contributed by atoms with Gasteiger partial charge >= 0.3 is 0 Å². The number of Topliss-reactive ketones (excluding diaryl/α,β-unsaturated/α-hetero) is 1. The first kappa shape index (κ1) is 27.4. The van der Waals surface area contributed by atoms with Crippen LogP contribution in [-0.4, -0.2) is 52.3 Å². The predicted molar refractivity (Wildman–Crippen MR) is 153 cm³/mol. The van der Waals surface area contributed by atoms with Crippen molar-refractivity contribution in [1.82, 2.24) is 0 Å². The second-order valence-electron chi connectivity index (χ2n) is 12.9. The van der Waals surface area contributed by atoms with Crippen LogP contribution in [0.25, 0.3) is 0 Å². The van der Waals surface area contributed by atoms with Gasteiger partial charge in [-0.2, -0.15) is 11.8 Å². The van der Waals surface area contributed by atoms with Crippen molar-refractivity contribution in [3.8, 4) is 0 Å². The van der Waals surface area contributed by atoms with Crippen molar-refractivity contribution in [1.29, 1.82) is 0 Å². The minimum absolute atomic E-state index is 0.0255. The molecule has 39 heavy (non-hydrogen) atoms. The Bertz CT molecular complexity index is 1180. The number of rotatable bonds is 8. The number of aryl methyl sites for hydroxylation is 1. The number of carbonyl (C=O) groups is 2. The lowest BCUT2D eigenvalue weighted by molar-refractivity contribution is -0.197. The molecule has 6 rings (SSSR count). The van der Waals surface area contributed by atoms with Gasteiger partial charge in [0.15, 0.2) is 23.5 Å². The van der Waals surface area contributed by atoms with E-state index in [1.165, 1.54) is 5.56 Å². The van der Waals surface area contributed by atoms with Gasteiger partial charge in [-0.05, 0) is 73.8 Å². The van der Waals surface area contributed by atoms with Crippen molar-refractivity contribution in [2.24, 2.45) is 28.6 Å². The standard InChI is InChI=1S/C33H42O5S/c1-4-8-29-37-28-18-25-24-12-11-22-17-23(34)13-15-31(22,2)30(24)26(35)19-32(25,3)33(28,38-29)27(36)20-39-16-14-21-9-6-5-7-10-21/h5-7,9-10,13,15,17,24-26,28-30,35H,4,8,11-12,14,16,18-20H2,1-3H3/t24?,25?,26?,28-,29?,30?,31?,32?,33-/m1/s1. The molecule has 5 nitrogen and oxygen atoms in total. The average molecular weight is 551 g/mol. The number of benzene rings is 1. The van der Waals surface area contributed by atoms with Crippen molar-refractivity contribution in [2.75, 3.05) is 11.5 Å². The maximum atomic E-state index is 14.3. The minimum atomic E-state index is -1.02. The zero-order chi connectivity index (χ0) is 27.4. The van der Waals surface area contributed by atoms with Crippen LogP contribution < -0.4 is 0 Å². The summed E-state index contributed by atoms with van der Waals surface area (Å²) in [6, 6.07) is 10.4. The van der Waals surface area contributed by atoms with E-state index >= 15 is 0 Å². The van der Waals surface area contributed by atoms with E-state index in [9.17, 15) is 14.7 Å². The number of carbonyl (C=O) groups excluding carboxylic acids is 2. The van der Waals surface area contributed by atoms with Gasteiger partial charge in [-0.3, -0.25) is 9.59 Å². The Kier molecular flexibility index (Phi) is 7.23. The van der Waals surface area contributed by atoms with Crippen molar-refractivity contribution in [3.63, 3.8) is 0 Å². The molecule has 0 aromatic heterocycles. The van der Waals surface area contributed by atoms with Crippen molar-refractivity contribution in [3.05, 3.63) is 59.7 Å². The summed E-state index contributed by atoms with van der Waals surface area (Å²) >= 11 is 1.68. The fraction of sp³-hybridized carbons (Fsp3) is 0.636. The number of aliphatic hydroxyl groups is 1. The number of allylic oxidation sites excluding steroid dienone is 4. The summed E-state index contributed by atoms with van der Waals surface area (Å²) in [4.78, 5) is 26.5. The lowest BCUT2D eigenvalue weighted by atomic mass is 9.46. The monoisotopic (exact) mass is 550 g/mol. The van der Waals surface area contributed by atoms with E-state index in [0.717, 1.165) is 49.9 Å². The topological polar surface area (TPSA) is 72.8 Å². The molecule has 1 saturated heterocycles. The molecular weight excluding hydrogens is 508 g/mol. The Morgan fingerprint density at radius 3 is 2.77 bits per heavy atom. The number of thioether (sulfide) groups is 1. The second kappa shape index (κ2) is 10.3. The van der Waals surface area contributed by atoms with E-state index in [4.69, 9.17) is 9.47 Å². The maximum Gasteiger partial charge on any atom is 0.178 e. The molecule has 4 aliphatic carbocycles. The Morgan fingerprint density at radius 2 is 2.00 bits per heavy atom. The lowest BCUT2D eigenvalue weighted by Gasteiger charge is -2.59. The molecule has 1 aromatic rings. The van der Waals surface area contributed by atoms with Crippen LogP contribution in [0.1, 0.15) is 64.9 Å². The summed E-state index contributed by atoms with van der Waals surface area (Å²) in [5, 5.41) is 11.9. The number of fused-ring (bicyclic) bond motifs is 7. The molecule has 6 heteroatoms. The van der Waals surface area contributed by atoms with E-state index in [0.29, 0.717) is 12.2 Å². The zero-order valence-corrected chi connectivity index (χ0v) is 24.3. The van der Waals surface area contributed by atoms with Crippen LogP contribution in [0.3, 0.4) is 0 Å². The lowest BCUT2D eigenvalue weighted by Crippen LogP contribution is -2.63. The third-order valence-corrected chi connectivity index (χ3v) is 11.8. The zero-order valence-electron chi connectivity index (χ0n) is 23.4. The molecule has 0 spiro atoms. The SMILES string of the molecule is CCCC1O[C@@H]2CC3C4CCC5=CC(=O)C=CC5(C)C4C(O)CC3(C)[C@]2(C(=O)CSCCc2ccccc2)O1. The highest BCUT2D eigenvalue weighted by atomic mass is 32.2. The molecule has 0 amide bonds. The fourth-order valence-corrected chi connectivity index (χ4v) is 10.0. The van der Waals surface area contributed by atoms with Crippen LogP contribution in [0.2, 0.25) is 0 Å². The number of aliphatic hydroxyl groups excluding tert-OH is 1. The summed E-state index contributed by atoms with van der Waals surface area (Å²) < 4.78 is 13.3. The van der Waals surface area contributed by atoms with Crippen LogP contribution in [0.4, 0.5) is 0 Å². The highest BCUT2D eigenvalue weighted by molar-refractivity contribution is 7.99. The van der Waals surface area contributed by atoms with Gasteiger partial charge in [0.05, 0.1) is 18.0 Å². The maximum absolute atomic E-state index is 14.3. The smallest absolute Gasteiger partial charge is 0.178 e. The van der Waals surface area contributed by atoms with Crippen LogP contribution in [-0.2, 0) is 25.5 Å². The first-order valence-electron chi connectivity index (χ1n) is 14.8. The summed E-state index contributed by atoms with van der Waals surface area (Å²) in [7, 11) is 0. The molecule has 7 unspecified atom stereocenters. The average Bonchev–Trinajstić information content (AvgIpc) is 3.39. The van der Waals surface area contributed by atoms with Crippen LogP contribution in [0.5, 0.6) is 0 Å². The van der Waals surface area contributed by atoms with Gasteiger partial charge < -0.3 is 14.6 Å². The Balaban J connectivity index is 1.27. The Labute approximate surface area is 236 Å². The highest BCUT2D eigenvalue weighted by Crippen LogP contribution is 2.69. The number of hydrogen-bond donors (Lipinski definition) is 1. The molecule has 1 heterocycles. The number of ketones is 2. The molecule has 0 radical (unpaired) electrons. The van der Waals surface area contributed by atoms with Gasteiger partial charge in [0.1, 0.15) is 0 Å². The summed E-state index contributed by atoms with van der Waals surface area (Å²) in [5.74, 6) is 1.94. The number of hydrogen-bond acceptors (Lipinski definition) is 6. The Morgan fingerprint density at radius 1 is 1.21 bits per heavy atom. The third-order valence-electron chi connectivity index (χ3n) is 10.8. The van der Waals surface area contributed by atoms with Crippen LogP contribution in [0, 0.1) is 28.6 Å². The first-order valence-corrected chi connectivity index (χ1v) is 16.0. The molecule has 1 aromatic carbocycles. The van der Waals surface area contributed by atoms with Gasteiger partial charge in [0.25, 0.3) is 0 Å². The molecule has 1 aliphatic heterocycles. The molecule has 0 bridgehead atoms. The predicted octanol–water partition coefficient (Wildman–Crippen LogP) is 5.70. The van der Waals surface area contributed by atoms with Gasteiger partial charge in [-0.15, -0.1) is 0 Å². The summed E-state index contributed by atoms with van der Waals surface area (Å²) in [6.45, 7) is 6.51. The molecular formula is C33H42O5S. The second-order valence-corrected chi connectivity index (χ2v) is 14.0. The largest absolute Gasteiger partial charge is 0.393 e. The van der Waals surface area contributed by atoms with Gasteiger partial charge in [0.2, 0.25) is 0 Å². The van der Waals surface area contributed by atoms with E-state index in [1.54, 1.807) is 23.9 Å². The van der Waals surface area contributed by atoms with Crippen molar-refractivity contribution < 1.29 is 24.2 Å². The normalized spacial score (nSPS) is 42.4. The first-order chi connectivity index (χ1) is 18.7. The molecule has 1 N–H and O–H groups in total. The molecule has 210 valence electrons. The van der Waals surface area contributed by atoms with Crippen molar-refractivity contribution >= 4 is 23.3 Å². The fourth-order valence-electron chi connectivity index (χ4n) is 9.11. The molecule has 5 aliphatic rings. The van der Waals surface area contributed by atoms with E-state index < -0.39 is 17.1 Å². The van der Waals surface area contributed by atoms with Gasteiger partial charge in [-0.25, -0.2) is 0 Å². The Hall–Kier alpha value is -1.73. The van der Waals surface area contributed by atoms with Crippen LogP contribution in [0.15, 0.2) is 54.1 Å². The molecule has 4 fully saturated rings. The van der Waals surface area contributed by atoms with Gasteiger partial charge in [-0.1, -0.05) is 69.2 Å². The van der Waals surface area contributed by atoms with Crippen molar-refractivity contribution in [2.45, 2.75) is 89.8 Å². The van der Waals surface area contributed by atoms with Crippen LogP contribution >= 0.6 is 11.8 Å².